The Balaban J connectivity index is 2.16. The molecule has 0 aromatic heterocycles. The normalized spacial score (nSPS) is 12.3. The Bertz CT molecular complexity index is 745. The van der Waals surface area contributed by atoms with Crippen molar-refractivity contribution in [1.29, 1.82) is 0 Å². The van der Waals surface area contributed by atoms with E-state index in [-0.39, 0.29) is 5.92 Å². The molecule has 0 fully saturated rings. The van der Waals surface area contributed by atoms with Gasteiger partial charge < -0.3 is 9.53 Å². The minimum absolute atomic E-state index is 0.0296. The highest BCUT2D eigenvalue weighted by atomic mass is 16.5. The molecular weight excluding hydrogens is 332 g/mol. The highest BCUT2D eigenvalue weighted by Crippen LogP contribution is 2.40. The summed E-state index contributed by atoms with van der Waals surface area (Å²) in [5, 5.41) is 0. The molecule has 0 radical (unpaired) electrons. The van der Waals surface area contributed by atoms with Gasteiger partial charge in [-0.15, -0.1) is 6.58 Å². The molecule has 2 heteroatoms. The van der Waals surface area contributed by atoms with Crippen LogP contribution in [0.25, 0.3) is 0 Å². The molecule has 27 heavy (non-hydrogen) atoms. The predicted octanol–water partition coefficient (Wildman–Crippen LogP) is 5.39. The van der Waals surface area contributed by atoms with Crippen molar-refractivity contribution >= 4 is 6.29 Å². The summed E-state index contributed by atoms with van der Waals surface area (Å²) >= 11 is 0. The summed E-state index contributed by atoms with van der Waals surface area (Å²) in [5.41, 5.74) is 2.40. The van der Waals surface area contributed by atoms with E-state index in [2.05, 4.69) is 43.0 Å². The Hall–Kier alpha value is -2.97. The molecular formula is C25H24O2. The lowest BCUT2D eigenvalue weighted by atomic mass is 9.80. The summed E-state index contributed by atoms with van der Waals surface area (Å²) in [6.07, 6.45) is 3.11. The first-order valence-corrected chi connectivity index (χ1v) is 9.18. The van der Waals surface area contributed by atoms with E-state index in [0.717, 1.165) is 23.0 Å². The zero-order valence-electron chi connectivity index (χ0n) is 15.3. The van der Waals surface area contributed by atoms with E-state index in [9.17, 15) is 4.79 Å². The number of carbonyl (C=O) groups excluding carboxylic acids is 1. The summed E-state index contributed by atoms with van der Waals surface area (Å²) in [4.78, 5) is 11.0. The van der Waals surface area contributed by atoms with Gasteiger partial charge in [0.05, 0.1) is 6.61 Å². The summed E-state index contributed by atoms with van der Waals surface area (Å²) in [5.74, 6) is -0.0296. The lowest BCUT2D eigenvalue weighted by Crippen LogP contribution is -2.34. The second-order valence-corrected chi connectivity index (χ2v) is 6.49. The van der Waals surface area contributed by atoms with Crippen LogP contribution in [0.3, 0.4) is 0 Å². The topological polar surface area (TPSA) is 26.3 Å². The van der Waals surface area contributed by atoms with Crippen LogP contribution in [0, 0.1) is 5.92 Å². The van der Waals surface area contributed by atoms with Crippen molar-refractivity contribution < 1.29 is 9.53 Å². The van der Waals surface area contributed by atoms with Gasteiger partial charge in [-0.05, 0) is 16.7 Å². The standard InChI is InChI=1S/C25H24O2/c1-2-21(18-19-26)20-27-25(22-12-6-3-7-13-22,23-14-8-4-9-15-23)24-16-10-5-11-17-24/h2-17,19,21H,1,18,20H2/t21-/m1/s1. The van der Waals surface area contributed by atoms with Crippen LogP contribution < -0.4 is 0 Å². The van der Waals surface area contributed by atoms with Crippen molar-refractivity contribution in [3.63, 3.8) is 0 Å². The van der Waals surface area contributed by atoms with Crippen LogP contribution in [-0.4, -0.2) is 12.9 Å². The Morgan fingerprint density at radius 1 is 0.778 bits per heavy atom. The smallest absolute Gasteiger partial charge is 0.143 e. The maximum Gasteiger partial charge on any atom is 0.143 e. The van der Waals surface area contributed by atoms with Gasteiger partial charge in [0.25, 0.3) is 0 Å². The average molecular weight is 356 g/mol. The molecule has 0 unspecified atom stereocenters. The lowest BCUT2D eigenvalue weighted by Gasteiger charge is -2.36. The van der Waals surface area contributed by atoms with Crippen molar-refractivity contribution in [3.8, 4) is 0 Å². The van der Waals surface area contributed by atoms with E-state index < -0.39 is 5.60 Å². The SMILES string of the molecule is C=C[C@H](CC=O)COC(c1ccccc1)(c1ccccc1)c1ccccc1. The highest BCUT2D eigenvalue weighted by molar-refractivity contribution is 5.50. The lowest BCUT2D eigenvalue weighted by molar-refractivity contribution is -0.109. The Labute approximate surface area is 161 Å². The van der Waals surface area contributed by atoms with E-state index in [0.29, 0.717) is 13.0 Å². The molecule has 0 N–H and O–H groups in total. The largest absolute Gasteiger partial charge is 0.360 e. The van der Waals surface area contributed by atoms with Gasteiger partial charge in [0.2, 0.25) is 0 Å². The maximum atomic E-state index is 11.0. The summed E-state index contributed by atoms with van der Waals surface area (Å²) in [6, 6.07) is 30.7. The van der Waals surface area contributed by atoms with E-state index in [1.165, 1.54) is 0 Å². The molecule has 0 amide bonds. The summed E-state index contributed by atoms with van der Waals surface area (Å²) < 4.78 is 6.66. The van der Waals surface area contributed by atoms with Crippen molar-refractivity contribution in [1.82, 2.24) is 0 Å². The van der Waals surface area contributed by atoms with Crippen LogP contribution in [0.15, 0.2) is 104 Å². The zero-order chi connectivity index (χ0) is 19.0. The van der Waals surface area contributed by atoms with Gasteiger partial charge in [-0.1, -0.05) is 97.1 Å². The van der Waals surface area contributed by atoms with E-state index in [1.54, 1.807) is 6.08 Å². The second-order valence-electron chi connectivity index (χ2n) is 6.49. The molecule has 0 saturated heterocycles. The van der Waals surface area contributed by atoms with Gasteiger partial charge in [-0.2, -0.15) is 0 Å². The Morgan fingerprint density at radius 2 is 1.19 bits per heavy atom. The number of carbonyl (C=O) groups is 1. The monoisotopic (exact) mass is 356 g/mol. The summed E-state index contributed by atoms with van der Waals surface area (Å²) in [7, 11) is 0. The summed E-state index contributed by atoms with van der Waals surface area (Å²) in [6.45, 7) is 4.26. The van der Waals surface area contributed by atoms with Gasteiger partial charge in [0, 0.05) is 12.3 Å². The molecule has 136 valence electrons. The van der Waals surface area contributed by atoms with Crippen LogP contribution in [-0.2, 0) is 15.1 Å². The minimum Gasteiger partial charge on any atom is -0.360 e. The first-order chi connectivity index (χ1) is 13.3. The molecule has 3 aromatic rings. The number of aldehydes is 1. The predicted molar refractivity (Wildman–Crippen MR) is 110 cm³/mol. The third-order valence-corrected chi connectivity index (χ3v) is 4.79. The van der Waals surface area contributed by atoms with Crippen LogP contribution in [0.2, 0.25) is 0 Å². The number of benzene rings is 3. The van der Waals surface area contributed by atoms with Gasteiger partial charge in [-0.25, -0.2) is 0 Å². The quantitative estimate of drug-likeness (QED) is 0.292. The number of rotatable bonds is 9. The molecule has 3 rings (SSSR count). The molecule has 3 aromatic carbocycles. The average Bonchev–Trinajstić information content (AvgIpc) is 2.75. The minimum atomic E-state index is -0.756. The van der Waals surface area contributed by atoms with E-state index in [1.807, 2.05) is 54.6 Å². The Morgan fingerprint density at radius 3 is 1.52 bits per heavy atom. The molecule has 1 atom stereocenters. The molecule has 0 aliphatic rings. The second kappa shape index (κ2) is 9.11. The molecule has 0 bridgehead atoms. The fourth-order valence-corrected chi connectivity index (χ4v) is 3.36. The van der Waals surface area contributed by atoms with E-state index in [4.69, 9.17) is 4.74 Å². The molecule has 0 heterocycles. The van der Waals surface area contributed by atoms with Crippen molar-refractivity contribution in [3.05, 3.63) is 120 Å². The number of hydrogen-bond donors (Lipinski definition) is 0. The van der Waals surface area contributed by atoms with Gasteiger partial charge in [-0.3, -0.25) is 0 Å². The number of hydrogen-bond acceptors (Lipinski definition) is 2. The van der Waals surface area contributed by atoms with Gasteiger partial charge >= 0.3 is 0 Å². The van der Waals surface area contributed by atoms with Crippen molar-refractivity contribution in [2.24, 2.45) is 5.92 Å². The van der Waals surface area contributed by atoms with Crippen LogP contribution in [0.4, 0.5) is 0 Å². The van der Waals surface area contributed by atoms with Crippen LogP contribution in [0.1, 0.15) is 23.1 Å². The molecule has 0 aliphatic carbocycles. The molecule has 2 nitrogen and oxygen atoms in total. The molecule has 0 aliphatic heterocycles. The van der Waals surface area contributed by atoms with Crippen LogP contribution in [0.5, 0.6) is 0 Å². The van der Waals surface area contributed by atoms with Gasteiger partial charge in [0.15, 0.2) is 0 Å². The molecule has 0 saturated carbocycles. The number of ether oxygens (including phenoxy) is 1. The van der Waals surface area contributed by atoms with E-state index >= 15 is 0 Å². The fourth-order valence-electron chi connectivity index (χ4n) is 3.36. The highest BCUT2D eigenvalue weighted by Gasteiger charge is 2.37. The first-order valence-electron chi connectivity index (χ1n) is 9.18. The van der Waals surface area contributed by atoms with Gasteiger partial charge in [0.1, 0.15) is 11.9 Å². The third-order valence-electron chi connectivity index (χ3n) is 4.79. The third kappa shape index (κ3) is 4.07. The zero-order valence-corrected chi connectivity index (χ0v) is 15.3. The fraction of sp³-hybridized carbons (Fsp3) is 0.160. The molecule has 0 spiro atoms. The Kier molecular flexibility index (Phi) is 6.35. The first kappa shape index (κ1) is 18.8. The van der Waals surface area contributed by atoms with Crippen molar-refractivity contribution in [2.45, 2.75) is 12.0 Å². The van der Waals surface area contributed by atoms with Crippen molar-refractivity contribution in [2.75, 3.05) is 6.61 Å². The van der Waals surface area contributed by atoms with Crippen LogP contribution >= 0.6 is 0 Å². The maximum absolute atomic E-state index is 11.0.